The summed E-state index contributed by atoms with van der Waals surface area (Å²) in [7, 11) is 0. The molecule has 29 heavy (non-hydrogen) atoms. The van der Waals surface area contributed by atoms with Crippen molar-refractivity contribution in [2.75, 3.05) is 26.2 Å². The van der Waals surface area contributed by atoms with Crippen LogP contribution in [0.2, 0.25) is 0 Å². The number of carbonyl (C=O) groups excluding carboxylic acids is 2. The summed E-state index contributed by atoms with van der Waals surface area (Å²) in [6.45, 7) is 3.87. The van der Waals surface area contributed by atoms with Gasteiger partial charge in [-0.25, -0.2) is 4.39 Å². The molecule has 0 radical (unpaired) electrons. The Labute approximate surface area is 171 Å². The van der Waals surface area contributed by atoms with Crippen molar-refractivity contribution in [3.63, 3.8) is 0 Å². The first-order chi connectivity index (χ1) is 14.1. The number of piperidine rings is 1. The highest BCUT2D eigenvalue weighted by Crippen LogP contribution is 2.26. The van der Waals surface area contributed by atoms with E-state index in [-0.39, 0.29) is 35.8 Å². The third-order valence-electron chi connectivity index (χ3n) is 6.53. The first kappa shape index (κ1) is 20.3. The van der Waals surface area contributed by atoms with Crippen LogP contribution in [0.4, 0.5) is 4.39 Å². The fourth-order valence-electron chi connectivity index (χ4n) is 4.85. The molecule has 1 aromatic rings. The van der Waals surface area contributed by atoms with E-state index in [1.165, 1.54) is 18.6 Å². The van der Waals surface area contributed by atoms with Gasteiger partial charge in [-0.3, -0.25) is 14.5 Å². The number of hydrogen-bond donors (Lipinski definition) is 2. The number of rotatable bonds is 6. The van der Waals surface area contributed by atoms with Gasteiger partial charge in [-0.05, 0) is 49.8 Å². The predicted molar refractivity (Wildman–Crippen MR) is 109 cm³/mol. The lowest BCUT2D eigenvalue weighted by molar-refractivity contribution is -0.133. The molecule has 3 atom stereocenters. The molecule has 0 bridgehead atoms. The molecule has 2 N–H and O–H groups in total. The molecule has 3 aliphatic rings. The van der Waals surface area contributed by atoms with Crippen LogP contribution in [-0.2, 0) is 16.1 Å². The number of hydrogen-bond acceptors (Lipinski definition) is 4. The zero-order valence-electron chi connectivity index (χ0n) is 16.9. The summed E-state index contributed by atoms with van der Waals surface area (Å²) < 4.78 is 13.1. The van der Waals surface area contributed by atoms with E-state index in [0.29, 0.717) is 19.5 Å². The van der Waals surface area contributed by atoms with E-state index < -0.39 is 0 Å². The lowest BCUT2D eigenvalue weighted by Crippen LogP contribution is -2.58. The van der Waals surface area contributed by atoms with Gasteiger partial charge in [0.2, 0.25) is 11.8 Å². The third-order valence-corrected chi connectivity index (χ3v) is 6.53. The van der Waals surface area contributed by atoms with Crippen LogP contribution in [0.1, 0.15) is 44.1 Å². The summed E-state index contributed by atoms with van der Waals surface area (Å²) in [5.74, 6) is 0.114. The fraction of sp³-hybridized carbons (Fsp3) is 0.636. The van der Waals surface area contributed by atoms with Gasteiger partial charge in [0, 0.05) is 51.2 Å². The molecule has 1 aromatic carbocycles. The van der Waals surface area contributed by atoms with Crippen LogP contribution < -0.4 is 10.6 Å². The number of likely N-dealkylation sites (tertiary alicyclic amines) is 1. The van der Waals surface area contributed by atoms with Crippen molar-refractivity contribution in [3.05, 3.63) is 35.6 Å². The molecular weight excluding hydrogens is 371 g/mol. The van der Waals surface area contributed by atoms with E-state index in [1.807, 2.05) is 4.90 Å². The number of halogens is 1. The van der Waals surface area contributed by atoms with Crippen molar-refractivity contribution >= 4 is 11.8 Å². The fourth-order valence-corrected chi connectivity index (χ4v) is 4.85. The highest BCUT2D eigenvalue weighted by molar-refractivity contribution is 5.83. The Morgan fingerprint density at radius 3 is 2.69 bits per heavy atom. The minimum absolute atomic E-state index is 0.0923. The zero-order chi connectivity index (χ0) is 20.2. The van der Waals surface area contributed by atoms with E-state index in [4.69, 9.17) is 0 Å². The van der Waals surface area contributed by atoms with Crippen LogP contribution in [-0.4, -0.2) is 65.9 Å². The van der Waals surface area contributed by atoms with Gasteiger partial charge >= 0.3 is 0 Å². The average molecular weight is 403 g/mol. The molecule has 3 heterocycles. The second-order valence-corrected chi connectivity index (χ2v) is 8.53. The number of fused-ring (bicyclic) bond motifs is 1. The summed E-state index contributed by atoms with van der Waals surface area (Å²) >= 11 is 0. The lowest BCUT2D eigenvalue weighted by Gasteiger charge is -2.37. The Bertz CT molecular complexity index is 720. The average Bonchev–Trinajstić information content (AvgIpc) is 3.19. The van der Waals surface area contributed by atoms with Gasteiger partial charge in [-0.1, -0.05) is 12.1 Å². The van der Waals surface area contributed by atoms with Crippen molar-refractivity contribution < 1.29 is 14.0 Å². The molecule has 3 aliphatic heterocycles. The van der Waals surface area contributed by atoms with Gasteiger partial charge in [0.25, 0.3) is 0 Å². The maximum absolute atomic E-state index is 13.1. The number of nitrogens with zero attached hydrogens (tertiary/aromatic N) is 2. The summed E-state index contributed by atoms with van der Waals surface area (Å²) in [6.07, 6.45) is 5.56. The molecule has 7 heteroatoms. The topological polar surface area (TPSA) is 64.7 Å². The van der Waals surface area contributed by atoms with Crippen molar-refractivity contribution in [2.24, 2.45) is 0 Å². The van der Waals surface area contributed by atoms with Gasteiger partial charge < -0.3 is 15.5 Å². The first-order valence-electron chi connectivity index (χ1n) is 10.9. The second-order valence-electron chi connectivity index (χ2n) is 8.53. The molecule has 2 amide bonds. The van der Waals surface area contributed by atoms with Crippen molar-refractivity contribution in [1.29, 1.82) is 0 Å². The van der Waals surface area contributed by atoms with Crippen LogP contribution in [0, 0.1) is 5.82 Å². The Hall–Kier alpha value is -1.99. The van der Waals surface area contributed by atoms with Crippen LogP contribution >= 0.6 is 0 Å². The van der Waals surface area contributed by atoms with Crippen molar-refractivity contribution in [2.45, 2.75) is 63.2 Å². The molecule has 0 saturated carbocycles. The molecule has 0 aliphatic carbocycles. The Balaban J connectivity index is 1.29. The SMILES string of the molecule is O=C1NC[C@@H](CCC(=O)N2CCCCC2)N2C[C@@H](NCc3ccc(F)cc3)C[C@@H]12. The lowest BCUT2D eigenvalue weighted by atomic mass is 10.0. The number of nitrogens with one attached hydrogen (secondary N) is 2. The van der Waals surface area contributed by atoms with E-state index in [2.05, 4.69) is 15.5 Å². The normalized spacial score (nSPS) is 27.6. The minimum atomic E-state index is -0.231. The Morgan fingerprint density at radius 2 is 1.93 bits per heavy atom. The molecule has 0 unspecified atom stereocenters. The number of carbonyl (C=O) groups is 2. The molecule has 4 rings (SSSR count). The quantitative estimate of drug-likeness (QED) is 0.760. The van der Waals surface area contributed by atoms with Crippen LogP contribution in [0.3, 0.4) is 0 Å². The summed E-state index contributed by atoms with van der Waals surface area (Å²) in [5, 5.41) is 6.54. The molecule has 3 saturated heterocycles. The Kier molecular flexibility index (Phi) is 6.45. The summed E-state index contributed by atoms with van der Waals surface area (Å²) in [6, 6.07) is 6.82. The van der Waals surface area contributed by atoms with Crippen molar-refractivity contribution in [3.8, 4) is 0 Å². The van der Waals surface area contributed by atoms with Gasteiger partial charge in [-0.15, -0.1) is 0 Å². The van der Waals surface area contributed by atoms with Gasteiger partial charge in [0.05, 0.1) is 6.04 Å². The second kappa shape index (κ2) is 9.22. The van der Waals surface area contributed by atoms with Gasteiger partial charge in [0.15, 0.2) is 0 Å². The standard InChI is InChI=1S/C22H31FN4O2/c23-17-6-4-16(5-7-17)13-24-18-12-20-22(29)25-14-19(27(20)15-18)8-9-21(28)26-10-2-1-3-11-26/h4-7,18-20,24H,1-3,8-15H2,(H,25,29)/t18-,19+,20-/m0/s1. The summed E-state index contributed by atoms with van der Waals surface area (Å²) in [5.41, 5.74) is 1.03. The number of benzene rings is 1. The molecule has 0 spiro atoms. The molecule has 6 nitrogen and oxygen atoms in total. The van der Waals surface area contributed by atoms with Crippen molar-refractivity contribution in [1.82, 2.24) is 20.4 Å². The van der Waals surface area contributed by atoms with Gasteiger partial charge in [0.1, 0.15) is 5.82 Å². The molecule has 0 aromatic heterocycles. The van der Waals surface area contributed by atoms with Crippen LogP contribution in [0.5, 0.6) is 0 Å². The van der Waals surface area contributed by atoms with E-state index in [0.717, 1.165) is 50.9 Å². The smallest absolute Gasteiger partial charge is 0.237 e. The molecule has 3 fully saturated rings. The highest BCUT2D eigenvalue weighted by atomic mass is 19.1. The monoisotopic (exact) mass is 402 g/mol. The zero-order valence-corrected chi connectivity index (χ0v) is 16.9. The van der Waals surface area contributed by atoms with E-state index in [9.17, 15) is 14.0 Å². The first-order valence-corrected chi connectivity index (χ1v) is 10.9. The predicted octanol–water partition coefficient (Wildman–Crippen LogP) is 1.65. The Morgan fingerprint density at radius 1 is 1.17 bits per heavy atom. The third kappa shape index (κ3) is 4.95. The largest absolute Gasteiger partial charge is 0.353 e. The van der Waals surface area contributed by atoms with Crippen LogP contribution in [0.15, 0.2) is 24.3 Å². The van der Waals surface area contributed by atoms with Gasteiger partial charge in [-0.2, -0.15) is 0 Å². The highest BCUT2D eigenvalue weighted by Gasteiger charge is 2.43. The van der Waals surface area contributed by atoms with Crippen LogP contribution in [0.25, 0.3) is 0 Å². The van der Waals surface area contributed by atoms with E-state index >= 15 is 0 Å². The number of amides is 2. The molecular formula is C22H31FN4O2. The number of piperazine rings is 1. The minimum Gasteiger partial charge on any atom is -0.353 e. The summed E-state index contributed by atoms with van der Waals surface area (Å²) in [4.78, 5) is 29.2. The maximum Gasteiger partial charge on any atom is 0.237 e. The maximum atomic E-state index is 13.1. The molecule has 158 valence electrons. The van der Waals surface area contributed by atoms with E-state index in [1.54, 1.807) is 12.1 Å².